The van der Waals surface area contributed by atoms with Gasteiger partial charge in [-0.15, -0.1) is 0 Å². The van der Waals surface area contributed by atoms with Crippen LogP contribution in [0.1, 0.15) is 6.92 Å². The summed E-state index contributed by atoms with van der Waals surface area (Å²) in [4.78, 5) is 4.30. The second-order valence-electron chi connectivity index (χ2n) is 3.68. The highest BCUT2D eigenvalue weighted by molar-refractivity contribution is 5.79. The highest BCUT2D eigenvalue weighted by Gasteiger charge is 2.12. The van der Waals surface area contributed by atoms with Crippen molar-refractivity contribution in [2.75, 3.05) is 7.11 Å². The quantitative estimate of drug-likeness (QED) is 0.757. The topological polar surface area (TPSA) is 50.8 Å². The molecule has 0 aliphatic heterocycles. The number of nitrogens with zero attached hydrogens (tertiary/aromatic N) is 3. The third kappa shape index (κ3) is 2.05. The summed E-state index contributed by atoms with van der Waals surface area (Å²) >= 11 is 0. The molecule has 0 N–H and O–H groups in total. The molecule has 17 heavy (non-hydrogen) atoms. The molecule has 2 aromatic rings. The smallest absolute Gasteiger partial charge is 0.100 e. The fourth-order valence-electron chi connectivity index (χ4n) is 1.73. The van der Waals surface area contributed by atoms with Crippen molar-refractivity contribution >= 4 is 16.7 Å². The Labute approximate surface area is 99.8 Å². The van der Waals surface area contributed by atoms with Gasteiger partial charge in [-0.25, -0.2) is 4.98 Å². The second kappa shape index (κ2) is 4.81. The molecule has 0 fully saturated rings. The van der Waals surface area contributed by atoms with Crippen LogP contribution in [0.4, 0.5) is 0 Å². The molecule has 0 amide bonds. The Morgan fingerprint density at radius 3 is 3.00 bits per heavy atom. The fourth-order valence-corrected chi connectivity index (χ4v) is 1.73. The Balaban J connectivity index is 2.58. The van der Waals surface area contributed by atoms with Gasteiger partial charge in [-0.2, -0.15) is 5.26 Å². The zero-order valence-electron chi connectivity index (χ0n) is 9.79. The maximum Gasteiger partial charge on any atom is 0.100 e. The SMILES string of the molecule is COC(C)C(=CC#N)n1cnc2ccccc21. The van der Waals surface area contributed by atoms with Gasteiger partial charge in [-0.1, -0.05) is 12.1 Å². The first kappa shape index (κ1) is 11.4. The third-order valence-electron chi connectivity index (χ3n) is 2.71. The summed E-state index contributed by atoms with van der Waals surface area (Å²) < 4.78 is 7.15. The monoisotopic (exact) mass is 227 g/mol. The van der Waals surface area contributed by atoms with Gasteiger partial charge >= 0.3 is 0 Å². The number of ether oxygens (including phenoxy) is 1. The first-order chi connectivity index (χ1) is 8.27. The maximum atomic E-state index is 8.84. The van der Waals surface area contributed by atoms with Gasteiger partial charge in [0.05, 0.1) is 28.9 Å². The Hall–Kier alpha value is -2.12. The van der Waals surface area contributed by atoms with E-state index in [-0.39, 0.29) is 6.10 Å². The maximum absolute atomic E-state index is 8.84. The molecular weight excluding hydrogens is 214 g/mol. The molecule has 0 aliphatic carbocycles. The van der Waals surface area contributed by atoms with E-state index < -0.39 is 0 Å². The number of nitriles is 1. The predicted molar refractivity (Wildman–Crippen MR) is 66.1 cm³/mol. The van der Waals surface area contributed by atoms with E-state index in [0.717, 1.165) is 16.7 Å². The van der Waals surface area contributed by atoms with Gasteiger partial charge in [-0.3, -0.25) is 4.57 Å². The second-order valence-corrected chi connectivity index (χ2v) is 3.68. The van der Waals surface area contributed by atoms with Gasteiger partial charge in [-0.05, 0) is 19.1 Å². The number of fused-ring (bicyclic) bond motifs is 1. The zero-order valence-corrected chi connectivity index (χ0v) is 9.79. The van der Waals surface area contributed by atoms with Crippen molar-refractivity contribution in [2.45, 2.75) is 13.0 Å². The van der Waals surface area contributed by atoms with Crippen molar-refractivity contribution in [1.82, 2.24) is 9.55 Å². The molecule has 4 nitrogen and oxygen atoms in total. The van der Waals surface area contributed by atoms with Crippen LogP contribution < -0.4 is 0 Å². The van der Waals surface area contributed by atoms with Crippen molar-refractivity contribution < 1.29 is 4.74 Å². The summed E-state index contributed by atoms with van der Waals surface area (Å²) in [5.41, 5.74) is 2.65. The normalized spacial score (nSPS) is 13.6. The number of hydrogen-bond acceptors (Lipinski definition) is 3. The van der Waals surface area contributed by atoms with Crippen LogP contribution in [0.25, 0.3) is 16.7 Å². The molecule has 1 aromatic carbocycles. The molecule has 1 aromatic heterocycles. The van der Waals surface area contributed by atoms with E-state index in [9.17, 15) is 0 Å². The standard InChI is InChI=1S/C13H13N3O/c1-10(17-2)12(7-8-14)16-9-15-11-5-3-4-6-13(11)16/h3-7,9-10H,1-2H3. The average Bonchev–Trinajstić information content (AvgIpc) is 2.79. The van der Waals surface area contributed by atoms with Gasteiger partial charge in [0.1, 0.15) is 6.33 Å². The summed E-state index contributed by atoms with van der Waals surface area (Å²) in [5, 5.41) is 8.84. The van der Waals surface area contributed by atoms with Crippen LogP contribution in [0.2, 0.25) is 0 Å². The lowest BCUT2D eigenvalue weighted by Gasteiger charge is -2.15. The van der Waals surface area contributed by atoms with Gasteiger partial charge in [0, 0.05) is 13.2 Å². The van der Waals surface area contributed by atoms with Crippen LogP contribution in [0.5, 0.6) is 0 Å². The number of methoxy groups -OCH3 is 1. The van der Waals surface area contributed by atoms with E-state index in [1.807, 2.05) is 41.8 Å². The Kier molecular flexibility index (Phi) is 3.22. The van der Waals surface area contributed by atoms with Crippen LogP contribution in [-0.4, -0.2) is 22.8 Å². The Bertz CT molecular complexity index is 592. The summed E-state index contributed by atoms with van der Waals surface area (Å²) in [7, 11) is 1.62. The fraction of sp³-hybridized carbons (Fsp3) is 0.231. The van der Waals surface area contributed by atoms with E-state index in [2.05, 4.69) is 4.98 Å². The minimum atomic E-state index is -0.160. The van der Waals surface area contributed by atoms with Gasteiger partial charge < -0.3 is 4.74 Å². The molecular formula is C13H13N3O. The van der Waals surface area contributed by atoms with Gasteiger partial charge in [0.2, 0.25) is 0 Å². The van der Waals surface area contributed by atoms with Crippen LogP contribution in [0.15, 0.2) is 36.7 Å². The van der Waals surface area contributed by atoms with Gasteiger partial charge in [0.15, 0.2) is 0 Å². The number of hydrogen-bond donors (Lipinski definition) is 0. The highest BCUT2D eigenvalue weighted by Crippen LogP contribution is 2.20. The van der Waals surface area contributed by atoms with Crippen molar-refractivity contribution in [1.29, 1.82) is 5.26 Å². The molecule has 2 rings (SSSR count). The van der Waals surface area contributed by atoms with Gasteiger partial charge in [0.25, 0.3) is 0 Å². The van der Waals surface area contributed by atoms with Crippen molar-refractivity contribution in [2.24, 2.45) is 0 Å². The molecule has 0 saturated carbocycles. The lowest BCUT2D eigenvalue weighted by atomic mass is 10.2. The molecule has 1 unspecified atom stereocenters. The highest BCUT2D eigenvalue weighted by atomic mass is 16.5. The number of allylic oxidation sites excluding steroid dienone is 1. The van der Waals surface area contributed by atoms with Crippen LogP contribution in [0.3, 0.4) is 0 Å². The predicted octanol–water partition coefficient (Wildman–Crippen LogP) is 2.44. The number of imidazole rings is 1. The number of rotatable bonds is 3. The molecule has 0 bridgehead atoms. The average molecular weight is 227 g/mol. The lowest BCUT2D eigenvalue weighted by Crippen LogP contribution is -2.12. The van der Waals surface area contributed by atoms with E-state index in [4.69, 9.17) is 10.00 Å². The van der Waals surface area contributed by atoms with Crippen molar-refractivity contribution in [3.63, 3.8) is 0 Å². The zero-order chi connectivity index (χ0) is 12.3. The molecule has 0 radical (unpaired) electrons. The molecule has 1 heterocycles. The lowest BCUT2D eigenvalue weighted by molar-refractivity contribution is 0.159. The molecule has 0 aliphatic rings. The van der Waals surface area contributed by atoms with E-state index >= 15 is 0 Å². The largest absolute Gasteiger partial charge is 0.375 e. The molecule has 0 spiro atoms. The molecule has 0 saturated heterocycles. The number of benzene rings is 1. The van der Waals surface area contributed by atoms with E-state index in [1.165, 1.54) is 6.08 Å². The van der Waals surface area contributed by atoms with Crippen molar-refractivity contribution in [3.05, 3.63) is 36.7 Å². The Morgan fingerprint density at radius 1 is 1.53 bits per heavy atom. The number of para-hydroxylation sites is 2. The number of aromatic nitrogens is 2. The van der Waals surface area contributed by atoms with Crippen LogP contribution in [0, 0.1) is 11.3 Å². The first-order valence-corrected chi connectivity index (χ1v) is 5.33. The summed E-state index contributed by atoms with van der Waals surface area (Å²) in [6.07, 6.45) is 3.04. The van der Waals surface area contributed by atoms with Crippen LogP contribution >= 0.6 is 0 Å². The molecule has 4 heteroatoms. The summed E-state index contributed by atoms with van der Waals surface area (Å²) in [6.45, 7) is 1.90. The third-order valence-corrected chi connectivity index (χ3v) is 2.71. The minimum Gasteiger partial charge on any atom is -0.375 e. The van der Waals surface area contributed by atoms with Crippen LogP contribution in [-0.2, 0) is 4.74 Å². The molecule has 86 valence electrons. The summed E-state index contributed by atoms with van der Waals surface area (Å²) in [6, 6.07) is 9.84. The van der Waals surface area contributed by atoms with E-state index in [1.54, 1.807) is 13.4 Å². The Morgan fingerprint density at radius 2 is 2.29 bits per heavy atom. The first-order valence-electron chi connectivity index (χ1n) is 5.33. The summed E-state index contributed by atoms with van der Waals surface area (Å²) in [5.74, 6) is 0. The minimum absolute atomic E-state index is 0.160. The van der Waals surface area contributed by atoms with Crippen molar-refractivity contribution in [3.8, 4) is 6.07 Å². The molecule has 1 atom stereocenters. The van der Waals surface area contributed by atoms with E-state index in [0.29, 0.717) is 0 Å².